The molecule has 2 fully saturated rings. The molecule has 0 aromatic rings. The number of amides is 1. The van der Waals surface area contributed by atoms with Gasteiger partial charge in [0.15, 0.2) is 0 Å². The predicted molar refractivity (Wildman–Crippen MR) is 57.6 cm³/mol. The molecule has 1 aliphatic heterocycles. The van der Waals surface area contributed by atoms with Gasteiger partial charge < -0.3 is 15.4 Å². The van der Waals surface area contributed by atoms with Gasteiger partial charge in [-0.05, 0) is 25.8 Å². The van der Waals surface area contributed by atoms with Gasteiger partial charge in [-0.2, -0.15) is 0 Å². The molecule has 15 heavy (non-hydrogen) atoms. The molecule has 1 saturated carbocycles. The predicted octanol–water partition coefficient (Wildman–Crippen LogP) is 0.281. The molecule has 0 unspecified atom stereocenters. The van der Waals surface area contributed by atoms with Crippen molar-refractivity contribution < 1.29 is 9.53 Å². The largest absolute Gasteiger partial charge is 0.375 e. The van der Waals surface area contributed by atoms with Gasteiger partial charge in [-0.15, -0.1) is 0 Å². The van der Waals surface area contributed by atoms with Gasteiger partial charge in [0.05, 0.1) is 0 Å². The first-order valence-corrected chi connectivity index (χ1v) is 5.76. The average molecular weight is 212 g/mol. The van der Waals surface area contributed by atoms with E-state index >= 15 is 0 Å². The number of fused-ring (bicyclic) bond motifs is 1. The molecule has 1 heterocycles. The second-order valence-corrected chi connectivity index (χ2v) is 4.72. The van der Waals surface area contributed by atoms with E-state index in [0.717, 1.165) is 13.1 Å². The highest BCUT2D eigenvalue weighted by Crippen LogP contribution is 2.43. The summed E-state index contributed by atoms with van der Waals surface area (Å²) in [5.74, 6) is 0.00410. The highest BCUT2D eigenvalue weighted by molar-refractivity contribution is 5.77. The summed E-state index contributed by atoms with van der Waals surface area (Å²) in [5.41, 5.74) is 0.337. The van der Waals surface area contributed by atoms with Crippen LogP contribution in [0.3, 0.4) is 0 Å². The maximum absolute atomic E-state index is 11.3. The van der Waals surface area contributed by atoms with Gasteiger partial charge in [-0.3, -0.25) is 4.79 Å². The van der Waals surface area contributed by atoms with E-state index in [1.54, 1.807) is 7.11 Å². The molecule has 0 aromatic heterocycles. The monoisotopic (exact) mass is 212 g/mol. The van der Waals surface area contributed by atoms with Crippen LogP contribution in [0.2, 0.25) is 0 Å². The van der Waals surface area contributed by atoms with Crippen molar-refractivity contribution in [1.29, 1.82) is 0 Å². The molecule has 2 aliphatic rings. The molecule has 2 atom stereocenters. The lowest BCUT2D eigenvalue weighted by Gasteiger charge is -2.28. The minimum Gasteiger partial charge on any atom is -0.375 e. The van der Waals surface area contributed by atoms with E-state index in [9.17, 15) is 4.79 Å². The molecule has 86 valence electrons. The standard InChI is InChI=1S/C11H20N2O2/c1-15-7-10(14)13-8-11-4-2-3-9(11)12-6-5-11/h9,12H,2-8H2,1H3,(H,13,14)/t9-,11-/m1/s1. The van der Waals surface area contributed by atoms with Crippen LogP contribution < -0.4 is 10.6 Å². The number of nitrogens with one attached hydrogen (secondary N) is 2. The summed E-state index contributed by atoms with van der Waals surface area (Å²) in [7, 11) is 1.55. The Hall–Kier alpha value is -0.610. The zero-order valence-corrected chi connectivity index (χ0v) is 9.34. The van der Waals surface area contributed by atoms with Gasteiger partial charge in [0.1, 0.15) is 6.61 Å². The second kappa shape index (κ2) is 4.49. The van der Waals surface area contributed by atoms with Gasteiger partial charge in [0.25, 0.3) is 0 Å². The van der Waals surface area contributed by atoms with Crippen LogP contribution >= 0.6 is 0 Å². The Kier molecular flexibility index (Phi) is 3.26. The lowest BCUT2D eigenvalue weighted by molar-refractivity contribution is -0.125. The fourth-order valence-corrected chi connectivity index (χ4v) is 3.01. The van der Waals surface area contributed by atoms with Crippen molar-refractivity contribution in [2.75, 3.05) is 26.8 Å². The quantitative estimate of drug-likeness (QED) is 0.704. The van der Waals surface area contributed by atoms with Crippen molar-refractivity contribution in [3.05, 3.63) is 0 Å². The minimum absolute atomic E-state index is 0.00410. The van der Waals surface area contributed by atoms with E-state index in [0.29, 0.717) is 11.5 Å². The zero-order valence-electron chi connectivity index (χ0n) is 9.34. The Morgan fingerprint density at radius 3 is 3.27 bits per heavy atom. The van der Waals surface area contributed by atoms with Crippen LogP contribution in [0.15, 0.2) is 0 Å². The number of ether oxygens (including phenoxy) is 1. The molecule has 2 N–H and O–H groups in total. The Morgan fingerprint density at radius 2 is 2.47 bits per heavy atom. The van der Waals surface area contributed by atoms with Gasteiger partial charge in [0.2, 0.25) is 5.91 Å². The number of hydrogen-bond donors (Lipinski definition) is 2. The maximum Gasteiger partial charge on any atom is 0.246 e. The number of rotatable bonds is 4. The molecule has 0 bridgehead atoms. The summed E-state index contributed by atoms with van der Waals surface area (Å²) in [6, 6.07) is 0.625. The molecule has 0 spiro atoms. The van der Waals surface area contributed by atoms with E-state index in [1.165, 1.54) is 25.7 Å². The van der Waals surface area contributed by atoms with Crippen LogP contribution in [0.1, 0.15) is 25.7 Å². The van der Waals surface area contributed by atoms with Crippen molar-refractivity contribution in [3.63, 3.8) is 0 Å². The molecule has 4 heteroatoms. The average Bonchev–Trinajstić information content (AvgIpc) is 2.73. The molecule has 0 aromatic carbocycles. The van der Waals surface area contributed by atoms with E-state index < -0.39 is 0 Å². The topological polar surface area (TPSA) is 50.4 Å². The van der Waals surface area contributed by atoms with E-state index in [1.807, 2.05) is 0 Å². The van der Waals surface area contributed by atoms with Crippen molar-refractivity contribution in [3.8, 4) is 0 Å². The third-order valence-corrected chi connectivity index (χ3v) is 3.83. The zero-order chi connectivity index (χ0) is 10.7. The lowest BCUT2D eigenvalue weighted by Crippen LogP contribution is -2.42. The van der Waals surface area contributed by atoms with Crippen LogP contribution in [-0.2, 0) is 9.53 Å². The molecule has 1 saturated heterocycles. The first kappa shape index (κ1) is 10.9. The van der Waals surface area contributed by atoms with Gasteiger partial charge in [-0.1, -0.05) is 6.42 Å². The summed E-state index contributed by atoms with van der Waals surface area (Å²) >= 11 is 0. The molecule has 4 nitrogen and oxygen atoms in total. The summed E-state index contributed by atoms with van der Waals surface area (Å²) in [5, 5.41) is 6.52. The van der Waals surface area contributed by atoms with Crippen molar-refractivity contribution >= 4 is 5.91 Å². The van der Waals surface area contributed by atoms with Crippen LogP contribution in [0.4, 0.5) is 0 Å². The molecule has 2 rings (SSSR count). The van der Waals surface area contributed by atoms with E-state index in [-0.39, 0.29) is 12.5 Å². The Balaban J connectivity index is 1.85. The van der Waals surface area contributed by atoms with Crippen molar-refractivity contribution in [2.45, 2.75) is 31.7 Å². The SMILES string of the molecule is COCC(=O)NC[C@]12CCC[C@H]1NCC2. The third-order valence-electron chi connectivity index (χ3n) is 3.83. The first-order chi connectivity index (χ1) is 7.27. The van der Waals surface area contributed by atoms with Crippen molar-refractivity contribution in [2.24, 2.45) is 5.41 Å². The number of carbonyl (C=O) groups excluding carboxylic acids is 1. The van der Waals surface area contributed by atoms with Gasteiger partial charge >= 0.3 is 0 Å². The van der Waals surface area contributed by atoms with Gasteiger partial charge in [-0.25, -0.2) is 0 Å². The van der Waals surface area contributed by atoms with E-state index in [2.05, 4.69) is 10.6 Å². The molecule has 0 radical (unpaired) electrons. The third kappa shape index (κ3) is 2.16. The molecule has 1 aliphatic carbocycles. The highest BCUT2D eigenvalue weighted by Gasteiger charge is 2.45. The highest BCUT2D eigenvalue weighted by atomic mass is 16.5. The van der Waals surface area contributed by atoms with Crippen molar-refractivity contribution in [1.82, 2.24) is 10.6 Å². The smallest absolute Gasteiger partial charge is 0.246 e. The number of hydrogen-bond acceptors (Lipinski definition) is 3. The maximum atomic E-state index is 11.3. The number of carbonyl (C=O) groups is 1. The summed E-state index contributed by atoms with van der Waals surface area (Å²) in [6.07, 6.45) is 5.00. The second-order valence-electron chi connectivity index (χ2n) is 4.72. The van der Waals surface area contributed by atoms with Crippen LogP contribution in [0.5, 0.6) is 0 Å². The number of methoxy groups -OCH3 is 1. The molecular weight excluding hydrogens is 192 g/mol. The Morgan fingerprint density at radius 1 is 1.60 bits per heavy atom. The van der Waals surface area contributed by atoms with Crippen LogP contribution in [0.25, 0.3) is 0 Å². The summed E-state index contributed by atoms with van der Waals surface area (Å²) in [6.45, 7) is 2.09. The minimum atomic E-state index is 0.00410. The van der Waals surface area contributed by atoms with Crippen LogP contribution in [0, 0.1) is 5.41 Å². The summed E-state index contributed by atoms with van der Waals surface area (Å²) < 4.78 is 4.80. The Bertz CT molecular complexity index is 233. The first-order valence-electron chi connectivity index (χ1n) is 5.76. The van der Waals surface area contributed by atoms with Crippen LogP contribution in [-0.4, -0.2) is 38.8 Å². The lowest BCUT2D eigenvalue weighted by atomic mass is 9.82. The summed E-state index contributed by atoms with van der Waals surface area (Å²) in [4.78, 5) is 11.3. The van der Waals surface area contributed by atoms with Gasteiger partial charge in [0, 0.05) is 25.1 Å². The Labute approximate surface area is 90.8 Å². The fourth-order valence-electron chi connectivity index (χ4n) is 3.01. The van der Waals surface area contributed by atoms with E-state index in [4.69, 9.17) is 4.74 Å². The molecule has 1 amide bonds. The normalized spacial score (nSPS) is 34.1. The molecular formula is C11H20N2O2. The fraction of sp³-hybridized carbons (Fsp3) is 0.909.